The molecule has 1 amide bonds. The van der Waals surface area contributed by atoms with E-state index < -0.39 is 0 Å². The molecule has 1 aliphatic rings. The maximum atomic E-state index is 14.0. The van der Waals surface area contributed by atoms with Crippen molar-refractivity contribution in [1.29, 1.82) is 0 Å². The number of fused-ring (bicyclic) bond motifs is 1. The highest BCUT2D eigenvalue weighted by Crippen LogP contribution is 2.40. The zero-order valence-corrected chi connectivity index (χ0v) is 21.6. The van der Waals surface area contributed by atoms with Crippen LogP contribution >= 0.6 is 22.6 Å². The highest BCUT2D eigenvalue weighted by Gasteiger charge is 2.32. The third-order valence-corrected chi connectivity index (χ3v) is 6.28. The van der Waals surface area contributed by atoms with Crippen LogP contribution in [0.1, 0.15) is 37.5 Å². The van der Waals surface area contributed by atoms with Crippen molar-refractivity contribution >= 4 is 45.8 Å². The number of ether oxygens (including phenoxy) is 2. The first kappa shape index (κ1) is 24.3. The lowest BCUT2D eigenvalue weighted by Gasteiger charge is -2.19. The van der Waals surface area contributed by atoms with E-state index in [9.17, 15) is 9.18 Å². The van der Waals surface area contributed by atoms with Crippen LogP contribution in [-0.2, 0) is 11.4 Å². The summed E-state index contributed by atoms with van der Waals surface area (Å²) in [6, 6.07) is 18.3. The quantitative estimate of drug-likeness (QED) is 0.217. The lowest BCUT2D eigenvalue weighted by Crippen LogP contribution is -2.30. The Morgan fingerprint density at radius 3 is 2.53 bits per heavy atom. The zero-order valence-electron chi connectivity index (χ0n) is 19.5. The van der Waals surface area contributed by atoms with Gasteiger partial charge in [0.25, 0.3) is 5.91 Å². The molecule has 0 atom stereocenters. The third-order valence-electron chi connectivity index (χ3n) is 5.48. The van der Waals surface area contributed by atoms with Crippen LogP contribution < -0.4 is 14.4 Å². The summed E-state index contributed by atoms with van der Waals surface area (Å²) in [5.41, 5.74) is 3.86. The molecule has 0 unspecified atom stereocenters. The van der Waals surface area contributed by atoms with Crippen molar-refractivity contribution in [3.8, 4) is 11.5 Å². The molecule has 4 nitrogen and oxygen atoms in total. The fourth-order valence-electron chi connectivity index (χ4n) is 4.00. The highest BCUT2D eigenvalue weighted by molar-refractivity contribution is 14.1. The maximum absolute atomic E-state index is 14.0. The van der Waals surface area contributed by atoms with E-state index in [1.54, 1.807) is 18.2 Å². The largest absolute Gasteiger partial charge is 0.490 e. The molecule has 0 saturated heterocycles. The zero-order chi connectivity index (χ0) is 24.2. The van der Waals surface area contributed by atoms with Crippen molar-refractivity contribution in [3.63, 3.8) is 0 Å². The number of hydrogen-bond acceptors (Lipinski definition) is 3. The van der Waals surface area contributed by atoms with E-state index >= 15 is 0 Å². The molecule has 0 bridgehead atoms. The van der Waals surface area contributed by atoms with Gasteiger partial charge in [-0.3, -0.25) is 4.79 Å². The Morgan fingerprint density at radius 2 is 1.79 bits per heavy atom. The number of nitrogens with zero attached hydrogens (tertiary/aromatic N) is 1. The molecular formula is C28H27FINO3. The van der Waals surface area contributed by atoms with Crippen LogP contribution in [0.15, 0.2) is 60.7 Å². The standard InChI is InChI=1S/C28H27FINO3/c1-4-33-26-15-19(14-24(30)27(26)34-17-20-9-5-7-11-23(20)29)13-22-21-10-6-8-12-25(21)31(28(22)32)16-18(2)3/h5-15,18H,4,16-17H2,1-3H3/b22-13-. The smallest absolute Gasteiger partial charge is 0.259 e. The second-order valence-corrected chi connectivity index (χ2v) is 9.69. The molecule has 1 aliphatic heterocycles. The Kier molecular flexibility index (Phi) is 7.56. The maximum Gasteiger partial charge on any atom is 0.259 e. The van der Waals surface area contributed by atoms with Crippen LogP contribution in [0.25, 0.3) is 11.6 Å². The van der Waals surface area contributed by atoms with Gasteiger partial charge in [0.05, 0.1) is 15.9 Å². The van der Waals surface area contributed by atoms with Crippen LogP contribution in [0.3, 0.4) is 0 Å². The number of anilines is 1. The molecule has 176 valence electrons. The van der Waals surface area contributed by atoms with Crippen molar-refractivity contribution < 1.29 is 18.7 Å². The molecule has 0 radical (unpaired) electrons. The van der Waals surface area contributed by atoms with Crippen LogP contribution in [-0.4, -0.2) is 19.1 Å². The normalized spacial score (nSPS) is 14.1. The molecular weight excluding hydrogens is 544 g/mol. The summed E-state index contributed by atoms with van der Waals surface area (Å²) in [5.74, 6) is 1.18. The topological polar surface area (TPSA) is 38.8 Å². The summed E-state index contributed by atoms with van der Waals surface area (Å²) in [7, 11) is 0. The van der Waals surface area contributed by atoms with Gasteiger partial charge in [0, 0.05) is 23.2 Å². The van der Waals surface area contributed by atoms with E-state index in [1.807, 2.05) is 54.3 Å². The Labute approximate surface area is 213 Å². The number of para-hydroxylation sites is 1. The fraction of sp³-hybridized carbons (Fsp3) is 0.250. The molecule has 0 aliphatic carbocycles. The molecule has 3 aromatic carbocycles. The average molecular weight is 571 g/mol. The van der Waals surface area contributed by atoms with E-state index in [2.05, 4.69) is 36.4 Å². The molecule has 0 saturated carbocycles. The van der Waals surface area contributed by atoms with E-state index in [0.29, 0.717) is 41.7 Å². The Hall–Kier alpha value is -2.87. The molecule has 4 rings (SSSR count). The molecule has 3 aromatic rings. The van der Waals surface area contributed by atoms with Crippen molar-refractivity contribution in [3.05, 3.63) is 86.7 Å². The first-order valence-corrected chi connectivity index (χ1v) is 12.4. The van der Waals surface area contributed by atoms with Gasteiger partial charge in [-0.1, -0.05) is 50.2 Å². The summed E-state index contributed by atoms with van der Waals surface area (Å²) >= 11 is 2.19. The summed E-state index contributed by atoms with van der Waals surface area (Å²) in [5, 5.41) is 0. The minimum atomic E-state index is -0.304. The van der Waals surface area contributed by atoms with Crippen molar-refractivity contribution in [1.82, 2.24) is 0 Å². The third kappa shape index (κ3) is 5.12. The van der Waals surface area contributed by atoms with Gasteiger partial charge < -0.3 is 14.4 Å². The van der Waals surface area contributed by atoms with Crippen LogP contribution in [0.4, 0.5) is 10.1 Å². The number of hydrogen-bond donors (Lipinski definition) is 0. The van der Waals surface area contributed by atoms with Crippen LogP contribution in [0, 0.1) is 15.3 Å². The molecule has 1 heterocycles. The number of benzene rings is 3. The first-order chi connectivity index (χ1) is 16.4. The van der Waals surface area contributed by atoms with Gasteiger partial charge in [-0.25, -0.2) is 4.39 Å². The fourth-order valence-corrected chi connectivity index (χ4v) is 4.78. The highest BCUT2D eigenvalue weighted by atomic mass is 127. The minimum Gasteiger partial charge on any atom is -0.490 e. The molecule has 0 fully saturated rings. The number of amides is 1. The second kappa shape index (κ2) is 10.6. The number of rotatable bonds is 8. The van der Waals surface area contributed by atoms with Crippen LogP contribution in [0.2, 0.25) is 0 Å². The Balaban J connectivity index is 1.68. The summed E-state index contributed by atoms with van der Waals surface area (Å²) < 4.78 is 26.7. The van der Waals surface area contributed by atoms with Crippen molar-refractivity contribution in [2.45, 2.75) is 27.4 Å². The second-order valence-electron chi connectivity index (χ2n) is 8.53. The van der Waals surface area contributed by atoms with E-state index in [4.69, 9.17) is 9.47 Å². The summed E-state index contributed by atoms with van der Waals surface area (Å²) in [4.78, 5) is 15.2. The summed E-state index contributed by atoms with van der Waals surface area (Å²) in [6.45, 7) is 7.33. The lowest BCUT2D eigenvalue weighted by atomic mass is 10.0. The molecule has 0 aromatic heterocycles. The van der Waals surface area contributed by atoms with Gasteiger partial charge in [0.1, 0.15) is 12.4 Å². The SMILES string of the molecule is CCOc1cc(/C=C2\C(=O)N(CC(C)C)c3ccccc32)cc(I)c1OCc1ccccc1F. The van der Waals surface area contributed by atoms with Gasteiger partial charge in [-0.15, -0.1) is 0 Å². The molecule has 0 N–H and O–H groups in total. The van der Waals surface area contributed by atoms with Gasteiger partial charge in [0.2, 0.25) is 0 Å². The van der Waals surface area contributed by atoms with E-state index in [1.165, 1.54) is 6.07 Å². The number of halogens is 2. The molecule has 34 heavy (non-hydrogen) atoms. The predicted octanol–water partition coefficient (Wildman–Crippen LogP) is 6.95. The molecule has 6 heteroatoms. The van der Waals surface area contributed by atoms with Crippen LogP contribution in [0.5, 0.6) is 11.5 Å². The lowest BCUT2D eigenvalue weighted by molar-refractivity contribution is -0.113. The van der Waals surface area contributed by atoms with Gasteiger partial charge in [-0.05, 0) is 71.3 Å². The number of carbonyl (C=O) groups is 1. The first-order valence-electron chi connectivity index (χ1n) is 11.3. The van der Waals surface area contributed by atoms with Crippen molar-refractivity contribution in [2.24, 2.45) is 5.92 Å². The average Bonchev–Trinajstić information content (AvgIpc) is 3.05. The van der Waals surface area contributed by atoms with Crippen molar-refractivity contribution in [2.75, 3.05) is 18.1 Å². The predicted molar refractivity (Wildman–Crippen MR) is 143 cm³/mol. The van der Waals surface area contributed by atoms with Gasteiger partial charge in [0.15, 0.2) is 11.5 Å². The Morgan fingerprint density at radius 1 is 1.06 bits per heavy atom. The van der Waals surface area contributed by atoms with Gasteiger partial charge in [-0.2, -0.15) is 0 Å². The van der Waals surface area contributed by atoms with Gasteiger partial charge >= 0.3 is 0 Å². The monoisotopic (exact) mass is 571 g/mol. The molecule has 0 spiro atoms. The Bertz CT molecular complexity index is 1240. The van der Waals surface area contributed by atoms with E-state index in [0.717, 1.165) is 20.4 Å². The number of carbonyl (C=O) groups excluding carboxylic acids is 1. The minimum absolute atomic E-state index is 0.00254. The van der Waals surface area contributed by atoms with E-state index in [-0.39, 0.29) is 18.3 Å². The summed E-state index contributed by atoms with van der Waals surface area (Å²) in [6.07, 6.45) is 1.91.